The molecule has 0 amide bonds. The molecule has 14 heavy (non-hydrogen) atoms. The first-order valence-corrected chi connectivity index (χ1v) is 4.67. The van der Waals surface area contributed by atoms with E-state index < -0.39 is 12.1 Å². The van der Waals surface area contributed by atoms with Crippen LogP contribution in [0, 0.1) is 11.3 Å². The minimum Gasteiger partial charge on any atom is -0.170 e. The van der Waals surface area contributed by atoms with Crippen LogP contribution in [-0.4, -0.2) is 6.18 Å². The molecular weight excluding hydrogens is 189 g/mol. The summed E-state index contributed by atoms with van der Waals surface area (Å²) in [6.45, 7) is 5.99. The largest absolute Gasteiger partial charge is 0.395 e. The Morgan fingerprint density at radius 2 is 1.79 bits per heavy atom. The summed E-state index contributed by atoms with van der Waals surface area (Å²) in [5, 5.41) is 0. The van der Waals surface area contributed by atoms with Crippen molar-refractivity contribution in [1.82, 2.24) is 0 Å². The second kappa shape index (κ2) is 3.44. The van der Waals surface area contributed by atoms with E-state index in [1.807, 2.05) is 20.8 Å². The van der Waals surface area contributed by atoms with Crippen molar-refractivity contribution < 1.29 is 13.2 Å². The Kier molecular flexibility index (Phi) is 2.79. The topological polar surface area (TPSA) is 0 Å². The van der Waals surface area contributed by atoms with Gasteiger partial charge in [-0.05, 0) is 17.4 Å². The molecule has 0 spiro atoms. The second-order valence-electron chi connectivity index (χ2n) is 4.65. The van der Waals surface area contributed by atoms with E-state index in [1.54, 1.807) is 12.2 Å². The van der Waals surface area contributed by atoms with E-state index in [-0.39, 0.29) is 11.8 Å². The van der Waals surface area contributed by atoms with Crippen LogP contribution in [0.15, 0.2) is 23.8 Å². The van der Waals surface area contributed by atoms with Crippen molar-refractivity contribution in [3.8, 4) is 0 Å². The molecular formula is C11H15F3. The lowest BCUT2D eigenvalue weighted by molar-refractivity contribution is -0.160. The molecule has 0 fully saturated rings. The van der Waals surface area contributed by atoms with Crippen molar-refractivity contribution in [3.63, 3.8) is 0 Å². The fourth-order valence-corrected chi connectivity index (χ4v) is 1.42. The third-order valence-electron chi connectivity index (χ3n) is 2.39. The van der Waals surface area contributed by atoms with Crippen molar-refractivity contribution >= 4 is 0 Å². The molecule has 1 unspecified atom stereocenters. The normalized spacial score (nSPS) is 23.6. The summed E-state index contributed by atoms with van der Waals surface area (Å²) in [7, 11) is 0. The van der Waals surface area contributed by atoms with E-state index >= 15 is 0 Å². The van der Waals surface area contributed by atoms with E-state index in [4.69, 9.17) is 0 Å². The van der Waals surface area contributed by atoms with Gasteiger partial charge >= 0.3 is 6.18 Å². The number of alkyl halides is 3. The summed E-state index contributed by atoms with van der Waals surface area (Å²) in [5.74, 6) is -1.30. The van der Waals surface area contributed by atoms with Crippen LogP contribution in [0.4, 0.5) is 13.2 Å². The molecule has 0 saturated heterocycles. The highest BCUT2D eigenvalue weighted by atomic mass is 19.4. The molecule has 1 rings (SSSR count). The fourth-order valence-electron chi connectivity index (χ4n) is 1.42. The highest BCUT2D eigenvalue weighted by molar-refractivity contribution is 5.29. The minimum atomic E-state index is -4.10. The first-order chi connectivity index (χ1) is 6.21. The fraction of sp³-hybridized carbons (Fsp3) is 0.636. The zero-order valence-corrected chi connectivity index (χ0v) is 8.65. The van der Waals surface area contributed by atoms with Crippen LogP contribution in [0.1, 0.15) is 27.2 Å². The van der Waals surface area contributed by atoms with Crippen molar-refractivity contribution in [2.75, 3.05) is 0 Å². The molecule has 0 radical (unpaired) electrons. The van der Waals surface area contributed by atoms with Gasteiger partial charge in [0.2, 0.25) is 0 Å². The smallest absolute Gasteiger partial charge is 0.170 e. The minimum absolute atomic E-state index is 0.0624. The molecule has 0 aromatic rings. The average molecular weight is 204 g/mol. The summed E-state index contributed by atoms with van der Waals surface area (Å²) in [6.07, 6.45) is 0.531. The third-order valence-corrected chi connectivity index (χ3v) is 2.39. The number of hydrogen-bond donors (Lipinski definition) is 0. The Morgan fingerprint density at radius 3 is 2.07 bits per heavy atom. The maximum Gasteiger partial charge on any atom is 0.395 e. The summed E-state index contributed by atoms with van der Waals surface area (Å²) in [4.78, 5) is 0. The molecule has 0 saturated carbocycles. The lowest BCUT2D eigenvalue weighted by Crippen LogP contribution is -2.23. The molecule has 3 heteroatoms. The molecule has 1 atom stereocenters. The molecule has 1 aliphatic rings. The van der Waals surface area contributed by atoms with Gasteiger partial charge in [-0.3, -0.25) is 0 Å². The predicted molar refractivity (Wildman–Crippen MR) is 50.8 cm³/mol. The summed E-state index contributed by atoms with van der Waals surface area (Å²) >= 11 is 0. The zero-order valence-electron chi connectivity index (χ0n) is 8.65. The number of halogens is 3. The van der Waals surface area contributed by atoms with Gasteiger partial charge in [0.25, 0.3) is 0 Å². The van der Waals surface area contributed by atoms with Gasteiger partial charge in [0.1, 0.15) is 0 Å². The number of allylic oxidation sites excluding steroid dienone is 4. The Balaban J connectivity index is 2.72. The van der Waals surface area contributed by atoms with Gasteiger partial charge in [-0.25, -0.2) is 0 Å². The van der Waals surface area contributed by atoms with Crippen LogP contribution in [0.3, 0.4) is 0 Å². The van der Waals surface area contributed by atoms with Crippen LogP contribution in [0.5, 0.6) is 0 Å². The zero-order chi connectivity index (χ0) is 11.0. The summed E-state index contributed by atoms with van der Waals surface area (Å²) in [5.41, 5.74) is 0.922. The molecule has 0 heterocycles. The van der Waals surface area contributed by atoms with Crippen molar-refractivity contribution in [2.24, 2.45) is 11.3 Å². The number of rotatable bonds is 0. The van der Waals surface area contributed by atoms with Crippen LogP contribution < -0.4 is 0 Å². The molecule has 0 bridgehead atoms. The average Bonchev–Trinajstić information content (AvgIpc) is 2.01. The lowest BCUT2D eigenvalue weighted by atomic mass is 9.81. The highest BCUT2D eigenvalue weighted by Crippen LogP contribution is 2.37. The summed E-state index contributed by atoms with van der Waals surface area (Å²) < 4.78 is 36.9. The van der Waals surface area contributed by atoms with E-state index in [1.165, 1.54) is 6.08 Å². The Labute approximate surface area is 82.5 Å². The van der Waals surface area contributed by atoms with E-state index in [0.717, 1.165) is 5.57 Å². The maximum atomic E-state index is 12.3. The highest BCUT2D eigenvalue weighted by Gasteiger charge is 2.38. The molecule has 0 N–H and O–H groups in total. The standard InChI is InChI=1S/C11H15F3/c1-10(2,3)8-4-6-9(7-5-8)11(12,13)14/h4-6,9H,7H2,1-3H3. The number of hydrogen-bond acceptors (Lipinski definition) is 0. The SMILES string of the molecule is CC(C)(C)C1=CCC(C(F)(F)F)C=C1. The van der Waals surface area contributed by atoms with Crippen molar-refractivity contribution in [1.29, 1.82) is 0 Å². The first kappa shape index (κ1) is 11.3. The van der Waals surface area contributed by atoms with Crippen LogP contribution in [0.2, 0.25) is 0 Å². The van der Waals surface area contributed by atoms with Crippen LogP contribution in [0.25, 0.3) is 0 Å². The van der Waals surface area contributed by atoms with Crippen LogP contribution >= 0.6 is 0 Å². The monoisotopic (exact) mass is 204 g/mol. The molecule has 80 valence electrons. The molecule has 1 aliphatic carbocycles. The van der Waals surface area contributed by atoms with Crippen molar-refractivity contribution in [3.05, 3.63) is 23.8 Å². The van der Waals surface area contributed by atoms with E-state index in [2.05, 4.69) is 0 Å². The molecule has 0 aromatic carbocycles. The van der Waals surface area contributed by atoms with Crippen LogP contribution in [-0.2, 0) is 0 Å². The summed E-state index contributed by atoms with van der Waals surface area (Å²) in [6, 6.07) is 0. The van der Waals surface area contributed by atoms with Gasteiger partial charge in [-0.2, -0.15) is 13.2 Å². The van der Waals surface area contributed by atoms with Gasteiger partial charge in [0.05, 0.1) is 5.92 Å². The van der Waals surface area contributed by atoms with Crippen molar-refractivity contribution in [2.45, 2.75) is 33.4 Å². The quantitative estimate of drug-likeness (QED) is 0.557. The van der Waals surface area contributed by atoms with Gasteiger partial charge in [-0.1, -0.05) is 39.0 Å². The third kappa shape index (κ3) is 2.63. The van der Waals surface area contributed by atoms with E-state index in [0.29, 0.717) is 0 Å². The predicted octanol–water partition coefficient (Wildman–Crippen LogP) is 4.10. The van der Waals surface area contributed by atoms with Gasteiger partial charge in [0, 0.05) is 0 Å². The second-order valence-corrected chi connectivity index (χ2v) is 4.65. The van der Waals surface area contributed by atoms with Gasteiger partial charge in [0.15, 0.2) is 0 Å². The molecule has 0 nitrogen and oxygen atoms in total. The Bertz CT molecular complexity index is 263. The Hall–Kier alpha value is -0.730. The molecule has 0 aliphatic heterocycles. The van der Waals surface area contributed by atoms with E-state index in [9.17, 15) is 13.2 Å². The van der Waals surface area contributed by atoms with Gasteiger partial charge < -0.3 is 0 Å². The maximum absolute atomic E-state index is 12.3. The lowest BCUT2D eigenvalue weighted by Gasteiger charge is -2.26. The first-order valence-electron chi connectivity index (χ1n) is 4.67. The van der Waals surface area contributed by atoms with Gasteiger partial charge in [-0.15, -0.1) is 0 Å². The Morgan fingerprint density at radius 1 is 1.21 bits per heavy atom. The molecule has 0 aromatic heterocycles.